The van der Waals surface area contributed by atoms with Crippen LogP contribution in [0.5, 0.6) is 0 Å². The average molecular weight is 294 g/mol. The number of nitrogens with one attached hydrogen (secondary N) is 1. The Bertz CT molecular complexity index is 612. The molecule has 2 aliphatic rings. The van der Waals surface area contributed by atoms with Crippen LogP contribution in [0.15, 0.2) is 23.1 Å². The van der Waals surface area contributed by atoms with Crippen molar-refractivity contribution in [3.63, 3.8) is 0 Å². The zero-order valence-electron chi connectivity index (χ0n) is 12.1. The Balaban J connectivity index is 1.88. The molecule has 2 atom stereocenters. The summed E-state index contributed by atoms with van der Waals surface area (Å²) in [5.74, 6) is 1.13. The van der Waals surface area contributed by atoms with Crippen LogP contribution in [0.4, 0.5) is 0 Å². The molecule has 1 aromatic rings. The topological polar surface area (TPSA) is 49.4 Å². The lowest BCUT2D eigenvalue weighted by Gasteiger charge is -2.33. The summed E-state index contributed by atoms with van der Waals surface area (Å²) < 4.78 is 27.3. The zero-order valence-corrected chi connectivity index (χ0v) is 12.9. The Morgan fingerprint density at radius 2 is 1.95 bits per heavy atom. The lowest BCUT2D eigenvalue weighted by Crippen LogP contribution is -2.43. The Morgan fingerprint density at radius 3 is 2.70 bits per heavy atom. The molecule has 3 rings (SSSR count). The number of sulfonamides is 1. The molecule has 0 bridgehead atoms. The summed E-state index contributed by atoms with van der Waals surface area (Å²) in [6.07, 6.45) is 0.974. The number of piperidine rings is 1. The van der Waals surface area contributed by atoms with Crippen LogP contribution in [0.1, 0.15) is 17.5 Å². The molecule has 0 aliphatic carbocycles. The van der Waals surface area contributed by atoms with E-state index in [9.17, 15) is 8.42 Å². The van der Waals surface area contributed by atoms with Gasteiger partial charge in [-0.05, 0) is 56.8 Å². The van der Waals surface area contributed by atoms with E-state index in [2.05, 4.69) is 5.32 Å². The van der Waals surface area contributed by atoms with Crippen molar-refractivity contribution in [1.82, 2.24) is 9.62 Å². The Labute approximate surface area is 121 Å². The first-order valence-corrected chi connectivity index (χ1v) is 8.70. The summed E-state index contributed by atoms with van der Waals surface area (Å²) >= 11 is 0. The molecule has 1 aromatic carbocycles. The molecular formula is C15H22N2O2S. The molecule has 0 saturated carbocycles. The van der Waals surface area contributed by atoms with Gasteiger partial charge < -0.3 is 5.32 Å². The predicted molar refractivity (Wildman–Crippen MR) is 79.1 cm³/mol. The molecule has 2 aliphatic heterocycles. The maximum absolute atomic E-state index is 12.8. The van der Waals surface area contributed by atoms with Gasteiger partial charge in [-0.3, -0.25) is 0 Å². The van der Waals surface area contributed by atoms with Gasteiger partial charge in [0, 0.05) is 13.1 Å². The van der Waals surface area contributed by atoms with Gasteiger partial charge in [-0.2, -0.15) is 4.31 Å². The van der Waals surface area contributed by atoms with Crippen LogP contribution in [0.3, 0.4) is 0 Å². The van der Waals surface area contributed by atoms with Crippen molar-refractivity contribution in [3.8, 4) is 0 Å². The molecule has 4 nitrogen and oxygen atoms in total. The number of aryl methyl sites for hydroxylation is 2. The van der Waals surface area contributed by atoms with Crippen molar-refractivity contribution in [2.75, 3.05) is 26.2 Å². The fourth-order valence-electron chi connectivity index (χ4n) is 3.45. The lowest BCUT2D eigenvalue weighted by atomic mass is 9.90. The number of fused-ring (bicyclic) bond motifs is 1. The first-order valence-electron chi connectivity index (χ1n) is 7.26. The summed E-state index contributed by atoms with van der Waals surface area (Å²) in [5.41, 5.74) is 1.94. The van der Waals surface area contributed by atoms with E-state index >= 15 is 0 Å². The van der Waals surface area contributed by atoms with Gasteiger partial charge in [0.25, 0.3) is 0 Å². The van der Waals surface area contributed by atoms with Crippen LogP contribution in [-0.4, -0.2) is 38.9 Å². The van der Waals surface area contributed by atoms with E-state index in [4.69, 9.17) is 0 Å². The van der Waals surface area contributed by atoms with Crippen LogP contribution in [0, 0.1) is 25.7 Å². The molecule has 0 amide bonds. The van der Waals surface area contributed by atoms with E-state index in [0.717, 1.165) is 30.6 Å². The van der Waals surface area contributed by atoms with Crippen LogP contribution < -0.4 is 5.32 Å². The van der Waals surface area contributed by atoms with Crippen molar-refractivity contribution in [2.45, 2.75) is 25.2 Å². The quantitative estimate of drug-likeness (QED) is 0.900. The highest BCUT2D eigenvalue weighted by Gasteiger charge is 2.38. The van der Waals surface area contributed by atoms with Gasteiger partial charge in [-0.25, -0.2) is 8.42 Å². The van der Waals surface area contributed by atoms with Crippen molar-refractivity contribution >= 4 is 10.0 Å². The highest BCUT2D eigenvalue weighted by atomic mass is 32.2. The average Bonchev–Trinajstić information content (AvgIpc) is 2.85. The fourth-order valence-corrected chi connectivity index (χ4v) is 5.17. The van der Waals surface area contributed by atoms with Crippen LogP contribution in [0.2, 0.25) is 0 Å². The Morgan fingerprint density at radius 1 is 1.20 bits per heavy atom. The zero-order chi connectivity index (χ0) is 14.3. The summed E-state index contributed by atoms with van der Waals surface area (Å²) in [6.45, 7) is 7.17. The maximum atomic E-state index is 12.8. The summed E-state index contributed by atoms with van der Waals surface area (Å²) in [7, 11) is -3.34. The molecule has 110 valence electrons. The molecule has 2 unspecified atom stereocenters. The van der Waals surface area contributed by atoms with E-state index in [1.165, 1.54) is 0 Å². The summed E-state index contributed by atoms with van der Waals surface area (Å²) in [5, 5.41) is 3.37. The van der Waals surface area contributed by atoms with Gasteiger partial charge >= 0.3 is 0 Å². The number of hydrogen-bond donors (Lipinski definition) is 1. The summed E-state index contributed by atoms with van der Waals surface area (Å²) in [4.78, 5) is 0.465. The molecule has 20 heavy (non-hydrogen) atoms. The van der Waals surface area contributed by atoms with E-state index in [0.29, 0.717) is 29.8 Å². The third kappa shape index (κ3) is 2.38. The largest absolute Gasteiger partial charge is 0.316 e. The molecule has 5 heteroatoms. The fraction of sp³-hybridized carbons (Fsp3) is 0.600. The van der Waals surface area contributed by atoms with Gasteiger partial charge in [-0.15, -0.1) is 0 Å². The highest BCUT2D eigenvalue weighted by Crippen LogP contribution is 2.31. The predicted octanol–water partition coefficient (Wildman–Crippen LogP) is 1.53. The van der Waals surface area contributed by atoms with Gasteiger partial charge in [0.1, 0.15) is 0 Å². The van der Waals surface area contributed by atoms with Gasteiger partial charge in [0.05, 0.1) is 4.90 Å². The maximum Gasteiger partial charge on any atom is 0.243 e. The number of nitrogens with zero attached hydrogens (tertiary/aromatic N) is 1. The molecule has 2 saturated heterocycles. The first-order chi connectivity index (χ1) is 9.48. The van der Waals surface area contributed by atoms with Crippen LogP contribution in [0.25, 0.3) is 0 Å². The minimum absolute atomic E-state index is 0.465. The molecule has 1 N–H and O–H groups in total. The third-order valence-corrected chi connectivity index (χ3v) is 6.64. The second-order valence-corrected chi connectivity index (χ2v) is 8.01. The van der Waals surface area contributed by atoms with Gasteiger partial charge in [0.15, 0.2) is 0 Å². The Hall–Kier alpha value is -0.910. The van der Waals surface area contributed by atoms with Gasteiger partial charge in [-0.1, -0.05) is 17.7 Å². The van der Waals surface area contributed by atoms with Crippen LogP contribution >= 0.6 is 0 Å². The lowest BCUT2D eigenvalue weighted by molar-refractivity contribution is 0.228. The molecule has 0 aromatic heterocycles. The monoisotopic (exact) mass is 294 g/mol. The molecule has 0 radical (unpaired) electrons. The normalized spacial score (nSPS) is 27.5. The third-order valence-electron chi connectivity index (χ3n) is 4.62. The number of benzene rings is 1. The minimum Gasteiger partial charge on any atom is -0.316 e. The highest BCUT2D eigenvalue weighted by molar-refractivity contribution is 7.89. The second kappa shape index (κ2) is 5.13. The molecule has 0 spiro atoms. The smallest absolute Gasteiger partial charge is 0.243 e. The van der Waals surface area contributed by atoms with Crippen molar-refractivity contribution < 1.29 is 8.42 Å². The second-order valence-electron chi connectivity index (χ2n) is 6.10. The van der Waals surface area contributed by atoms with Crippen molar-refractivity contribution in [2.24, 2.45) is 11.8 Å². The van der Waals surface area contributed by atoms with E-state index < -0.39 is 10.0 Å². The number of rotatable bonds is 2. The Kier molecular flexibility index (Phi) is 3.60. The van der Waals surface area contributed by atoms with E-state index in [-0.39, 0.29) is 0 Å². The first kappa shape index (κ1) is 14.0. The minimum atomic E-state index is -3.34. The molecule has 2 fully saturated rings. The van der Waals surface area contributed by atoms with Gasteiger partial charge in [0.2, 0.25) is 10.0 Å². The van der Waals surface area contributed by atoms with Crippen molar-refractivity contribution in [3.05, 3.63) is 29.3 Å². The SMILES string of the molecule is Cc1ccc(S(=O)(=O)N2CCC3CNCC3C2)c(C)c1. The number of hydrogen-bond acceptors (Lipinski definition) is 3. The molecule has 2 heterocycles. The summed E-state index contributed by atoms with van der Waals surface area (Å²) in [6, 6.07) is 5.57. The van der Waals surface area contributed by atoms with Crippen LogP contribution in [-0.2, 0) is 10.0 Å². The molecular weight excluding hydrogens is 272 g/mol. The van der Waals surface area contributed by atoms with E-state index in [1.807, 2.05) is 26.0 Å². The van der Waals surface area contributed by atoms with Crippen molar-refractivity contribution in [1.29, 1.82) is 0 Å². The van der Waals surface area contributed by atoms with E-state index in [1.54, 1.807) is 10.4 Å². The standard InChI is InChI=1S/C15H22N2O2S/c1-11-3-4-15(12(2)7-11)20(18,19)17-6-5-13-8-16-9-14(13)10-17/h3-4,7,13-14,16H,5-6,8-10H2,1-2H3.